The monoisotopic (exact) mass is 277 g/mol. The van der Waals surface area contributed by atoms with Crippen molar-refractivity contribution < 1.29 is 9.53 Å². The highest BCUT2D eigenvalue weighted by molar-refractivity contribution is 5.94. The Hall–Kier alpha value is -1.62. The Balaban J connectivity index is 1.86. The maximum Gasteiger partial charge on any atom is 0.341 e. The van der Waals surface area contributed by atoms with Crippen LogP contribution < -0.4 is 10.6 Å². The summed E-state index contributed by atoms with van der Waals surface area (Å²) in [6.07, 6.45) is 5.31. The van der Waals surface area contributed by atoms with Gasteiger partial charge in [-0.1, -0.05) is 0 Å². The average Bonchev–Trinajstić information content (AvgIpc) is 2.49. The summed E-state index contributed by atoms with van der Waals surface area (Å²) in [6.45, 7) is 5.24. The van der Waals surface area contributed by atoms with Gasteiger partial charge in [0.1, 0.15) is 11.4 Å². The number of hydrogen-bond acceptors (Lipinski definition) is 5. The highest BCUT2D eigenvalue weighted by Crippen LogP contribution is 2.16. The van der Waals surface area contributed by atoms with Gasteiger partial charge in [0.05, 0.1) is 6.61 Å². The van der Waals surface area contributed by atoms with Crippen molar-refractivity contribution in [1.29, 1.82) is 0 Å². The number of carbonyl (C=O) groups is 1. The van der Waals surface area contributed by atoms with Crippen LogP contribution in [0, 0.1) is 5.92 Å². The summed E-state index contributed by atoms with van der Waals surface area (Å²) in [7, 11) is 0. The van der Waals surface area contributed by atoms with Crippen LogP contribution in [0.3, 0.4) is 0 Å². The minimum Gasteiger partial charge on any atom is -0.462 e. The van der Waals surface area contributed by atoms with Crippen molar-refractivity contribution in [3.63, 3.8) is 0 Å². The number of nitrogens with zero attached hydrogens (tertiary/aromatic N) is 1. The summed E-state index contributed by atoms with van der Waals surface area (Å²) in [5.74, 6) is 1.02. The van der Waals surface area contributed by atoms with Crippen LogP contribution in [0.25, 0.3) is 0 Å². The minimum atomic E-state index is -0.317. The van der Waals surface area contributed by atoms with Crippen LogP contribution >= 0.6 is 0 Å². The molecular formula is C15H23N3O2. The number of piperidine rings is 1. The number of aromatic nitrogens is 1. The van der Waals surface area contributed by atoms with Gasteiger partial charge in [-0.05, 0) is 57.3 Å². The van der Waals surface area contributed by atoms with Crippen LogP contribution in [0.4, 0.5) is 5.82 Å². The lowest BCUT2D eigenvalue weighted by Gasteiger charge is -2.22. The molecule has 1 aromatic rings. The van der Waals surface area contributed by atoms with Crippen molar-refractivity contribution in [2.24, 2.45) is 5.92 Å². The lowest BCUT2D eigenvalue weighted by atomic mass is 9.96. The molecule has 1 fully saturated rings. The largest absolute Gasteiger partial charge is 0.462 e. The molecule has 5 heteroatoms. The number of rotatable bonds is 6. The van der Waals surface area contributed by atoms with Gasteiger partial charge in [0.2, 0.25) is 0 Å². The molecule has 1 saturated heterocycles. The van der Waals surface area contributed by atoms with E-state index < -0.39 is 0 Å². The lowest BCUT2D eigenvalue weighted by Crippen LogP contribution is -2.30. The van der Waals surface area contributed by atoms with Gasteiger partial charge in [-0.2, -0.15) is 0 Å². The van der Waals surface area contributed by atoms with Crippen molar-refractivity contribution in [3.05, 3.63) is 23.9 Å². The molecule has 0 spiro atoms. The number of carbonyl (C=O) groups excluding carboxylic acids is 1. The van der Waals surface area contributed by atoms with E-state index in [0.717, 1.165) is 26.1 Å². The Bertz CT molecular complexity index is 431. The third-order valence-corrected chi connectivity index (χ3v) is 3.55. The average molecular weight is 277 g/mol. The fourth-order valence-corrected chi connectivity index (χ4v) is 2.48. The van der Waals surface area contributed by atoms with Crippen LogP contribution in [0.2, 0.25) is 0 Å². The topological polar surface area (TPSA) is 63.2 Å². The summed E-state index contributed by atoms with van der Waals surface area (Å²) in [4.78, 5) is 16.1. The first-order chi connectivity index (χ1) is 9.81. The smallest absolute Gasteiger partial charge is 0.341 e. The van der Waals surface area contributed by atoms with Crippen LogP contribution in [0.5, 0.6) is 0 Å². The number of esters is 1. The van der Waals surface area contributed by atoms with E-state index in [9.17, 15) is 4.79 Å². The van der Waals surface area contributed by atoms with E-state index in [0.29, 0.717) is 23.9 Å². The van der Waals surface area contributed by atoms with E-state index in [4.69, 9.17) is 4.74 Å². The van der Waals surface area contributed by atoms with E-state index in [-0.39, 0.29) is 5.97 Å². The van der Waals surface area contributed by atoms with E-state index in [1.807, 2.05) is 0 Å². The predicted octanol–water partition coefficient (Wildman–Crippen LogP) is 2.06. The predicted molar refractivity (Wildman–Crippen MR) is 78.9 cm³/mol. The van der Waals surface area contributed by atoms with Gasteiger partial charge in [-0.15, -0.1) is 0 Å². The Morgan fingerprint density at radius 2 is 2.50 bits per heavy atom. The van der Waals surface area contributed by atoms with Crippen molar-refractivity contribution in [2.45, 2.75) is 26.2 Å². The lowest BCUT2D eigenvalue weighted by molar-refractivity contribution is 0.0527. The van der Waals surface area contributed by atoms with Crippen molar-refractivity contribution in [3.8, 4) is 0 Å². The molecule has 0 saturated carbocycles. The zero-order chi connectivity index (χ0) is 14.2. The summed E-state index contributed by atoms with van der Waals surface area (Å²) in [5, 5.41) is 6.67. The Kier molecular flexibility index (Phi) is 5.80. The molecule has 1 aliphatic heterocycles. The van der Waals surface area contributed by atoms with E-state index >= 15 is 0 Å². The molecule has 0 amide bonds. The molecule has 2 heterocycles. The summed E-state index contributed by atoms with van der Waals surface area (Å²) in [6, 6.07) is 3.50. The number of hydrogen-bond donors (Lipinski definition) is 2. The molecule has 5 nitrogen and oxygen atoms in total. The molecular weight excluding hydrogens is 254 g/mol. The summed E-state index contributed by atoms with van der Waals surface area (Å²) < 4.78 is 5.04. The second-order valence-electron chi connectivity index (χ2n) is 5.05. The number of pyridine rings is 1. The molecule has 2 rings (SSSR count). The molecule has 0 aliphatic carbocycles. The Morgan fingerprint density at radius 1 is 1.60 bits per heavy atom. The molecule has 1 aromatic heterocycles. The second kappa shape index (κ2) is 7.85. The van der Waals surface area contributed by atoms with Gasteiger partial charge < -0.3 is 15.4 Å². The molecule has 0 radical (unpaired) electrons. The summed E-state index contributed by atoms with van der Waals surface area (Å²) >= 11 is 0. The molecule has 0 bridgehead atoms. The Morgan fingerprint density at radius 3 is 3.25 bits per heavy atom. The van der Waals surface area contributed by atoms with Gasteiger partial charge >= 0.3 is 5.97 Å². The van der Waals surface area contributed by atoms with Gasteiger partial charge in [0.25, 0.3) is 0 Å². The molecule has 1 aliphatic rings. The number of nitrogens with one attached hydrogen (secondary N) is 2. The maximum absolute atomic E-state index is 11.8. The highest BCUT2D eigenvalue weighted by atomic mass is 16.5. The summed E-state index contributed by atoms with van der Waals surface area (Å²) in [5.41, 5.74) is 0.510. The number of anilines is 1. The van der Waals surface area contributed by atoms with Crippen molar-refractivity contribution in [2.75, 3.05) is 31.6 Å². The second-order valence-corrected chi connectivity index (χ2v) is 5.05. The first kappa shape index (κ1) is 14.8. The third-order valence-electron chi connectivity index (χ3n) is 3.55. The first-order valence-corrected chi connectivity index (χ1v) is 7.38. The normalized spacial score (nSPS) is 18.6. The van der Waals surface area contributed by atoms with Gasteiger partial charge in [0.15, 0.2) is 0 Å². The zero-order valence-corrected chi connectivity index (χ0v) is 12.0. The third kappa shape index (κ3) is 4.20. The standard InChI is InChI=1S/C15H23N3O2/c1-2-20-15(19)13-6-4-9-17-14(13)18-10-7-12-5-3-8-16-11-12/h4,6,9,12,16H,2-3,5,7-8,10-11H2,1H3,(H,17,18). The molecule has 0 aromatic carbocycles. The molecule has 1 unspecified atom stereocenters. The fourth-order valence-electron chi connectivity index (χ4n) is 2.48. The minimum absolute atomic E-state index is 0.317. The highest BCUT2D eigenvalue weighted by Gasteiger charge is 2.15. The quantitative estimate of drug-likeness (QED) is 0.779. The van der Waals surface area contributed by atoms with E-state index in [2.05, 4.69) is 15.6 Å². The van der Waals surface area contributed by atoms with Crippen LogP contribution in [-0.4, -0.2) is 37.2 Å². The number of ether oxygens (including phenoxy) is 1. The van der Waals surface area contributed by atoms with Crippen molar-refractivity contribution in [1.82, 2.24) is 10.3 Å². The molecule has 110 valence electrons. The van der Waals surface area contributed by atoms with Gasteiger partial charge in [-0.3, -0.25) is 0 Å². The van der Waals surface area contributed by atoms with E-state index in [1.54, 1.807) is 25.3 Å². The zero-order valence-electron chi connectivity index (χ0n) is 12.0. The van der Waals surface area contributed by atoms with Gasteiger partial charge in [0, 0.05) is 12.7 Å². The Labute approximate surface area is 120 Å². The van der Waals surface area contributed by atoms with Crippen molar-refractivity contribution >= 4 is 11.8 Å². The van der Waals surface area contributed by atoms with Crippen LogP contribution in [-0.2, 0) is 4.74 Å². The van der Waals surface area contributed by atoms with Gasteiger partial charge in [-0.25, -0.2) is 9.78 Å². The molecule has 2 N–H and O–H groups in total. The SMILES string of the molecule is CCOC(=O)c1cccnc1NCCC1CCCNC1. The van der Waals surface area contributed by atoms with E-state index in [1.165, 1.54) is 12.8 Å². The first-order valence-electron chi connectivity index (χ1n) is 7.38. The maximum atomic E-state index is 11.8. The molecule has 20 heavy (non-hydrogen) atoms. The van der Waals surface area contributed by atoms with Crippen LogP contribution in [0.1, 0.15) is 36.5 Å². The van der Waals surface area contributed by atoms with Crippen LogP contribution in [0.15, 0.2) is 18.3 Å². The fraction of sp³-hybridized carbons (Fsp3) is 0.600. The molecule has 1 atom stereocenters.